The number of rotatable bonds is 5. The lowest BCUT2D eigenvalue weighted by molar-refractivity contribution is 0.601. The van der Waals surface area contributed by atoms with Crippen LogP contribution in [0.3, 0.4) is 0 Å². The highest BCUT2D eigenvalue weighted by atomic mass is 127. The number of anilines is 1. The van der Waals surface area contributed by atoms with Gasteiger partial charge in [-0.2, -0.15) is 0 Å². The summed E-state index contributed by atoms with van der Waals surface area (Å²) in [4.78, 5) is 6.98. The summed E-state index contributed by atoms with van der Waals surface area (Å²) in [5.41, 5.74) is 5.73. The molecule has 2 aromatic rings. The summed E-state index contributed by atoms with van der Waals surface area (Å²) in [5, 5.41) is 6.65. The lowest BCUT2D eigenvalue weighted by atomic mass is 9.99. The van der Waals surface area contributed by atoms with E-state index in [-0.39, 0.29) is 24.0 Å². The molecule has 30 heavy (non-hydrogen) atoms. The first-order chi connectivity index (χ1) is 13.8. The van der Waals surface area contributed by atoms with Crippen LogP contribution in [-0.2, 0) is 29.3 Å². The van der Waals surface area contributed by atoms with E-state index in [2.05, 4.69) is 45.8 Å². The zero-order valence-electron chi connectivity index (χ0n) is 18.0. The van der Waals surface area contributed by atoms with Crippen LogP contribution in [0.15, 0.2) is 46.3 Å². The molecule has 0 saturated heterocycles. The maximum Gasteiger partial charge on any atom is 0.191 e. The average Bonchev–Trinajstić information content (AvgIpc) is 2.67. The van der Waals surface area contributed by atoms with Gasteiger partial charge in [-0.25, -0.2) is 8.42 Å². The van der Waals surface area contributed by atoms with Gasteiger partial charge in [-0.3, -0.25) is 4.99 Å². The van der Waals surface area contributed by atoms with Crippen molar-refractivity contribution < 1.29 is 8.42 Å². The van der Waals surface area contributed by atoms with Crippen molar-refractivity contribution in [2.45, 2.75) is 37.8 Å². The Morgan fingerprint density at radius 1 is 1.10 bits per heavy atom. The summed E-state index contributed by atoms with van der Waals surface area (Å²) >= 11 is 0. The molecule has 0 saturated carbocycles. The Bertz CT molecular complexity index is 1020. The van der Waals surface area contributed by atoms with E-state index in [0.29, 0.717) is 23.9 Å². The van der Waals surface area contributed by atoms with Gasteiger partial charge < -0.3 is 15.5 Å². The van der Waals surface area contributed by atoms with E-state index in [9.17, 15) is 8.42 Å². The summed E-state index contributed by atoms with van der Waals surface area (Å²) in [6.45, 7) is 4.20. The fraction of sp³-hybridized carbons (Fsp3) is 0.409. The molecule has 0 aliphatic carbocycles. The predicted octanol–water partition coefficient (Wildman–Crippen LogP) is 3.26. The molecule has 2 aromatic carbocycles. The number of aliphatic imine (C=N–C) groups is 1. The van der Waals surface area contributed by atoms with Crippen LogP contribution in [-0.4, -0.2) is 41.3 Å². The van der Waals surface area contributed by atoms with Gasteiger partial charge in [0.25, 0.3) is 0 Å². The summed E-state index contributed by atoms with van der Waals surface area (Å²) in [6, 6.07) is 12.0. The van der Waals surface area contributed by atoms with Crippen LogP contribution < -0.4 is 15.5 Å². The van der Waals surface area contributed by atoms with E-state index >= 15 is 0 Å². The van der Waals surface area contributed by atoms with Gasteiger partial charge >= 0.3 is 0 Å². The maximum absolute atomic E-state index is 11.8. The van der Waals surface area contributed by atoms with E-state index in [0.717, 1.165) is 24.1 Å². The minimum Gasteiger partial charge on any atom is -0.374 e. The van der Waals surface area contributed by atoms with Crippen LogP contribution in [0.4, 0.5) is 5.69 Å². The van der Waals surface area contributed by atoms with E-state index in [1.807, 2.05) is 19.1 Å². The maximum atomic E-state index is 11.8. The third-order valence-corrected chi connectivity index (χ3v) is 6.53. The second-order valence-corrected chi connectivity index (χ2v) is 9.62. The predicted molar refractivity (Wildman–Crippen MR) is 135 cm³/mol. The van der Waals surface area contributed by atoms with Crippen molar-refractivity contribution in [3.05, 3.63) is 58.7 Å². The summed E-state index contributed by atoms with van der Waals surface area (Å²) in [6.07, 6.45) is 3.56. The number of hydrogen-bond acceptors (Lipinski definition) is 4. The van der Waals surface area contributed by atoms with E-state index < -0.39 is 9.84 Å². The second kappa shape index (κ2) is 10.5. The van der Waals surface area contributed by atoms with Crippen molar-refractivity contribution >= 4 is 45.5 Å². The lowest BCUT2D eigenvalue weighted by Crippen LogP contribution is -2.36. The summed E-state index contributed by atoms with van der Waals surface area (Å²) in [7, 11) is 0.695. The van der Waals surface area contributed by atoms with Gasteiger partial charge in [0.05, 0.1) is 4.90 Å². The number of benzene rings is 2. The van der Waals surface area contributed by atoms with Crippen LogP contribution >= 0.6 is 24.0 Å². The Morgan fingerprint density at radius 2 is 1.73 bits per heavy atom. The van der Waals surface area contributed by atoms with Gasteiger partial charge in [0.15, 0.2) is 15.8 Å². The largest absolute Gasteiger partial charge is 0.374 e. The molecule has 0 amide bonds. The normalized spacial score (nSPS) is 14.0. The van der Waals surface area contributed by atoms with Crippen LogP contribution in [0.25, 0.3) is 0 Å². The smallest absolute Gasteiger partial charge is 0.191 e. The molecule has 1 heterocycles. The third kappa shape index (κ3) is 6.10. The van der Waals surface area contributed by atoms with Crippen molar-refractivity contribution in [3.8, 4) is 0 Å². The van der Waals surface area contributed by atoms with Crippen LogP contribution in [0.2, 0.25) is 0 Å². The fourth-order valence-corrected chi connectivity index (χ4v) is 4.74. The molecule has 0 unspecified atom stereocenters. The monoisotopic (exact) mass is 542 g/mol. The Labute approximate surface area is 197 Å². The topological polar surface area (TPSA) is 73.8 Å². The highest BCUT2D eigenvalue weighted by molar-refractivity contribution is 14.0. The first-order valence-electron chi connectivity index (χ1n) is 9.85. The zero-order chi connectivity index (χ0) is 21.0. The molecule has 8 heteroatoms. The number of sulfone groups is 1. The Balaban J connectivity index is 0.00000320. The molecule has 0 fully saturated rings. The molecular weight excluding hydrogens is 511 g/mol. The zero-order valence-corrected chi connectivity index (χ0v) is 21.2. The third-order valence-electron chi connectivity index (χ3n) is 5.28. The van der Waals surface area contributed by atoms with Crippen molar-refractivity contribution in [3.63, 3.8) is 0 Å². The van der Waals surface area contributed by atoms with E-state index in [4.69, 9.17) is 0 Å². The van der Waals surface area contributed by atoms with Gasteiger partial charge in [0.1, 0.15) is 0 Å². The first-order valence-corrected chi connectivity index (χ1v) is 11.7. The van der Waals surface area contributed by atoms with Crippen LogP contribution in [0.5, 0.6) is 0 Å². The lowest BCUT2D eigenvalue weighted by Gasteiger charge is -2.28. The molecular formula is C22H31IN4O2S. The fourth-order valence-electron chi connectivity index (χ4n) is 3.78. The van der Waals surface area contributed by atoms with E-state index in [1.54, 1.807) is 13.1 Å². The van der Waals surface area contributed by atoms with Gasteiger partial charge in [-0.05, 0) is 54.2 Å². The van der Waals surface area contributed by atoms with Crippen LogP contribution in [0.1, 0.15) is 28.7 Å². The molecule has 6 nitrogen and oxygen atoms in total. The van der Waals surface area contributed by atoms with Crippen molar-refractivity contribution in [2.24, 2.45) is 4.99 Å². The summed E-state index contributed by atoms with van der Waals surface area (Å²) in [5.74, 6) is 0.713. The van der Waals surface area contributed by atoms with Gasteiger partial charge in [0.2, 0.25) is 0 Å². The number of guanidine groups is 1. The standard InChI is InChI=1S/C22H30N4O2S.HI/c1-16-12-17(8-10-21(16)29(4,27)28)14-24-22(23-2)25-15-18-7-9-20-19(13-18)6-5-11-26(20)3;/h7-10,12-13H,5-6,11,14-15H2,1-4H3,(H2,23,24,25);1H. The number of aryl methyl sites for hydroxylation is 2. The Kier molecular flexibility index (Phi) is 8.54. The SMILES string of the molecule is CN=C(NCc1ccc(S(C)(=O)=O)c(C)c1)NCc1ccc2c(c1)CCCN2C.I. The summed E-state index contributed by atoms with van der Waals surface area (Å²) < 4.78 is 23.5. The first kappa shape index (κ1) is 24.5. The number of nitrogens with one attached hydrogen (secondary N) is 2. The van der Waals surface area contributed by atoms with Gasteiger partial charge in [-0.15, -0.1) is 24.0 Å². The number of fused-ring (bicyclic) bond motifs is 1. The average molecular weight is 542 g/mol. The molecule has 0 radical (unpaired) electrons. The minimum atomic E-state index is -3.20. The quantitative estimate of drug-likeness (QED) is 0.345. The van der Waals surface area contributed by atoms with Gasteiger partial charge in [0, 0.05) is 45.7 Å². The Morgan fingerprint density at radius 3 is 2.33 bits per heavy atom. The molecule has 0 bridgehead atoms. The molecule has 3 rings (SSSR count). The van der Waals surface area contributed by atoms with Gasteiger partial charge in [-0.1, -0.05) is 24.3 Å². The second-order valence-electron chi connectivity index (χ2n) is 7.64. The molecule has 1 aliphatic heterocycles. The van der Waals surface area contributed by atoms with E-state index in [1.165, 1.54) is 29.5 Å². The highest BCUT2D eigenvalue weighted by Crippen LogP contribution is 2.26. The van der Waals surface area contributed by atoms with Crippen molar-refractivity contribution in [1.29, 1.82) is 0 Å². The highest BCUT2D eigenvalue weighted by Gasteiger charge is 2.14. The molecule has 164 valence electrons. The number of hydrogen-bond donors (Lipinski definition) is 2. The van der Waals surface area contributed by atoms with Crippen LogP contribution in [0, 0.1) is 6.92 Å². The molecule has 0 spiro atoms. The molecule has 0 atom stereocenters. The molecule has 1 aliphatic rings. The number of nitrogens with zero attached hydrogens (tertiary/aromatic N) is 2. The Hall–Kier alpha value is -1.81. The van der Waals surface area contributed by atoms with Crippen molar-refractivity contribution in [2.75, 3.05) is 31.8 Å². The minimum absolute atomic E-state index is 0. The molecule has 0 aromatic heterocycles. The number of halogens is 1. The van der Waals surface area contributed by atoms with Crippen molar-refractivity contribution in [1.82, 2.24) is 10.6 Å². The molecule has 2 N–H and O–H groups in total.